The van der Waals surface area contributed by atoms with Crippen molar-refractivity contribution in [1.82, 2.24) is 5.32 Å². The lowest BCUT2D eigenvalue weighted by Crippen LogP contribution is -2.45. The minimum Gasteiger partial charge on any atom is -0.387 e. The molecule has 1 amide bonds. The van der Waals surface area contributed by atoms with Crippen molar-refractivity contribution < 1.29 is 32.9 Å². The van der Waals surface area contributed by atoms with E-state index in [9.17, 15) is 19.4 Å². The maximum Gasteiger partial charge on any atom is 0.472 e. The molecule has 0 aromatic heterocycles. The zero-order chi connectivity index (χ0) is 61.9. The lowest BCUT2D eigenvalue weighted by molar-refractivity contribution is -0.870. The van der Waals surface area contributed by atoms with Crippen LogP contribution in [0, 0.1) is 0 Å². The molecule has 0 rings (SSSR count). The topological polar surface area (TPSA) is 105 Å². The normalized spacial score (nSPS) is 14.4. The van der Waals surface area contributed by atoms with Crippen molar-refractivity contribution in [2.75, 3.05) is 40.9 Å². The van der Waals surface area contributed by atoms with Gasteiger partial charge in [0.1, 0.15) is 13.2 Å². The monoisotopic (exact) mass is 1200 g/mol. The number of hydrogen-bond acceptors (Lipinski definition) is 5. The Balaban J connectivity index is 4.18. The number of carbonyl (C=O) groups is 1. The van der Waals surface area contributed by atoms with Crippen LogP contribution in [0.25, 0.3) is 0 Å². The minimum absolute atomic E-state index is 0.0484. The van der Waals surface area contributed by atoms with E-state index in [1.807, 2.05) is 27.2 Å². The van der Waals surface area contributed by atoms with Gasteiger partial charge in [0.2, 0.25) is 5.91 Å². The van der Waals surface area contributed by atoms with Crippen LogP contribution in [0.5, 0.6) is 0 Å². The molecule has 3 N–H and O–H groups in total. The molecule has 0 aliphatic rings. The van der Waals surface area contributed by atoms with Crippen molar-refractivity contribution >= 4 is 13.7 Å². The summed E-state index contributed by atoms with van der Waals surface area (Å²) in [5.41, 5.74) is 0. The van der Waals surface area contributed by atoms with E-state index in [0.29, 0.717) is 17.4 Å². The fraction of sp³-hybridized carbons (Fsp3) is 0.724. The van der Waals surface area contributed by atoms with Crippen LogP contribution in [0.1, 0.15) is 303 Å². The molecule has 0 fully saturated rings. The summed E-state index contributed by atoms with van der Waals surface area (Å²) in [7, 11) is 1.54. The maximum absolute atomic E-state index is 13.0. The van der Waals surface area contributed by atoms with Crippen LogP contribution in [-0.2, 0) is 18.4 Å². The molecule has 0 bridgehead atoms. The van der Waals surface area contributed by atoms with Crippen molar-refractivity contribution in [2.45, 2.75) is 315 Å². The van der Waals surface area contributed by atoms with Crippen molar-refractivity contribution in [1.29, 1.82) is 0 Å². The molecular weight excluding hydrogens is 1070 g/mol. The molecule has 85 heavy (non-hydrogen) atoms. The van der Waals surface area contributed by atoms with E-state index in [-0.39, 0.29) is 19.1 Å². The Morgan fingerprint density at radius 2 is 0.706 bits per heavy atom. The second-order valence-electron chi connectivity index (χ2n) is 24.9. The predicted octanol–water partition coefficient (Wildman–Crippen LogP) is 22.8. The highest BCUT2D eigenvalue weighted by atomic mass is 31.2. The Morgan fingerprint density at radius 1 is 0.412 bits per heavy atom. The van der Waals surface area contributed by atoms with Gasteiger partial charge < -0.3 is 19.8 Å². The number of allylic oxidation sites excluding steroid dienone is 19. The summed E-state index contributed by atoms with van der Waals surface area (Å²) >= 11 is 0. The van der Waals surface area contributed by atoms with Crippen molar-refractivity contribution in [3.8, 4) is 0 Å². The third kappa shape index (κ3) is 68.3. The number of hydrogen-bond donors (Lipinski definition) is 3. The number of nitrogens with one attached hydrogen (secondary N) is 1. The first kappa shape index (κ1) is 81.9. The molecule has 0 radical (unpaired) electrons. The summed E-state index contributed by atoms with van der Waals surface area (Å²) in [6, 6.07) is -0.876. The molecule has 490 valence electrons. The molecule has 0 saturated heterocycles. The summed E-state index contributed by atoms with van der Waals surface area (Å²) in [6.07, 6.45) is 97.8. The number of likely N-dealkylation sites (N-methyl/N-ethyl adjacent to an activating group) is 1. The number of quaternary nitrogens is 1. The smallest absolute Gasteiger partial charge is 0.387 e. The van der Waals surface area contributed by atoms with Gasteiger partial charge in [-0.2, -0.15) is 0 Å². The molecule has 8 nitrogen and oxygen atoms in total. The molecule has 0 aromatic rings. The number of carbonyl (C=O) groups excluding carboxylic acids is 1. The largest absolute Gasteiger partial charge is 0.472 e. The summed E-state index contributed by atoms with van der Waals surface area (Å²) in [4.78, 5) is 23.4. The molecule has 9 heteroatoms. The van der Waals surface area contributed by atoms with Gasteiger partial charge >= 0.3 is 7.82 Å². The Bertz CT molecular complexity index is 1800. The van der Waals surface area contributed by atoms with Gasteiger partial charge in [-0.05, 0) is 89.9 Å². The number of aliphatic hydroxyl groups excluding tert-OH is 1. The fourth-order valence-electron chi connectivity index (χ4n) is 9.98. The number of unbranched alkanes of at least 4 members (excludes halogenated alkanes) is 33. The molecule has 0 aliphatic heterocycles. The molecule has 0 aliphatic carbocycles. The van der Waals surface area contributed by atoms with E-state index in [0.717, 1.165) is 103 Å². The van der Waals surface area contributed by atoms with Crippen LogP contribution in [-0.4, -0.2) is 73.4 Å². The lowest BCUT2D eigenvalue weighted by atomic mass is 10.0. The Morgan fingerprint density at radius 3 is 1.04 bits per heavy atom. The van der Waals surface area contributed by atoms with E-state index < -0.39 is 20.0 Å². The first-order valence-corrected chi connectivity index (χ1v) is 36.9. The number of nitrogens with zero attached hydrogens (tertiary/aromatic N) is 1. The summed E-state index contributed by atoms with van der Waals surface area (Å²) in [5, 5.41) is 14.0. The van der Waals surface area contributed by atoms with Crippen molar-refractivity contribution in [2.24, 2.45) is 0 Å². The van der Waals surface area contributed by atoms with E-state index in [1.54, 1.807) is 6.08 Å². The average molecular weight is 1200 g/mol. The molecular formula is C76H136N2O6P+. The first-order chi connectivity index (χ1) is 41.5. The molecule has 0 spiro atoms. The fourth-order valence-corrected chi connectivity index (χ4v) is 10.7. The van der Waals surface area contributed by atoms with E-state index in [2.05, 4.69) is 129 Å². The highest BCUT2D eigenvalue weighted by molar-refractivity contribution is 7.47. The summed E-state index contributed by atoms with van der Waals surface area (Å²) in [5.74, 6) is -0.210. The van der Waals surface area contributed by atoms with Gasteiger partial charge in [0.05, 0.1) is 39.9 Å². The Labute approximate surface area is 526 Å². The van der Waals surface area contributed by atoms with Crippen LogP contribution in [0.2, 0.25) is 0 Å². The SMILES string of the molecule is CC/C=C\C/C=C\C/C=C\C/C=C\C/C=C\C/C=C\C/C=C\C/C=C\C/C=C\CCCCCC(=O)NC(COP(=O)(O)OCC[N+](C)(C)C)C(O)/C=C/CCCCCCCCCCCCCCCCCCCCCCCCCCCCCCCC. The zero-order valence-electron chi connectivity index (χ0n) is 56.1. The second kappa shape index (κ2) is 65.3. The van der Waals surface area contributed by atoms with E-state index >= 15 is 0 Å². The number of phosphoric ester groups is 1. The average Bonchev–Trinajstić information content (AvgIpc) is 3.49. The standard InChI is InChI=1S/C76H135N2O6P/c1-6-8-10-12-14-16-18-20-22-24-26-28-30-32-34-36-38-40-41-43-45-47-49-51-53-55-57-59-61-63-65-67-69-75(79)74(73-84-85(81,82)83-72-71-78(3,4)5)77-76(80)70-68-66-64-62-60-58-56-54-52-50-48-46-44-42-39-37-35-33-31-29-27-25-23-21-19-17-15-13-11-9-7-2/h9,11,15,17,21,23,27,29,33,35,39,42,46,48,52,54,58,60,67,69,74-75,79H,6-8,10,12-14,16,18-20,22,24-26,28,30-32,34,36-38,40-41,43-45,47,49-51,53,55-57,59,61-66,68,70-73H2,1-5H3,(H-,77,80,81,82)/p+1/b11-9-,17-15-,23-21-,29-27-,35-33-,42-39-,48-46-,54-52-,60-58-,69-67+. The summed E-state index contributed by atoms with van der Waals surface area (Å²) < 4.78 is 23.8. The van der Waals surface area contributed by atoms with Crippen molar-refractivity contribution in [3.63, 3.8) is 0 Å². The third-order valence-electron chi connectivity index (χ3n) is 15.4. The number of phosphoric acid groups is 1. The molecule has 3 atom stereocenters. The maximum atomic E-state index is 13.0. The van der Waals surface area contributed by atoms with Gasteiger partial charge in [-0.3, -0.25) is 13.8 Å². The van der Waals surface area contributed by atoms with Gasteiger partial charge in [0.25, 0.3) is 0 Å². The van der Waals surface area contributed by atoms with Crippen LogP contribution in [0.3, 0.4) is 0 Å². The molecule has 0 saturated carbocycles. The van der Waals surface area contributed by atoms with Crippen LogP contribution < -0.4 is 5.32 Å². The third-order valence-corrected chi connectivity index (χ3v) is 16.4. The van der Waals surface area contributed by atoms with E-state index in [4.69, 9.17) is 9.05 Å². The second-order valence-corrected chi connectivity index (χ2v) is 26.3. The number of aliphatic hydroxyl groups is 1. The number of rotatable bonds is 64. The molecule has 3 unspecified atom stereocenters. The van der Waals surface area contributed by atoms with Gasteiger partial charge in [0, 0.05) is 6.42 Å². The van der Waals surface area contributed by atoms with Crippen molar-refractivity contribution in [3.05, 3.63) is 122 Å². The predicted molar refractivity (Wildman–Crippen MR) is 373 cm³/mol. The summed E-state index contributed by atoms with van der Waals surface area (Å²) in [6.45, 7) is 4.69. The van der Waals surface area contributed by atoms with Gasteiger partial charge in [0.15, 0.2) is 0 Å². The highest BCUT2D eigenvalue weighted by Gasteiger charge is 2.28. The minimum atomic E-state index is -4.37. The van der Waals surface area contributed by atoms with Crippen LogP contribution in [0.4, 0.5) is 0 Å². The Kier molecular flexibility index (Phi) is 63.0. The molecule has 0 aromatic carbocycles. The zero-order valence-corrected chi connectivity index (χ0v) is 57.0. The van der Waals surface area contributed by atoms with Gasteiger partial charge in [-0.25, -0.2) is 4.57 Å². The lowest BCUT2D eigenvalue weighted by Gasteiger charge is -2.25. The first-order valence-electron chi connectivity index (χ1n) is 35.4. The van der Waals surface area contributed by atoms with Gasteiger partial charge in [-0.1, -0.05) is 328 Å². The van der Waals surface area contributed by atoms with Crippen LogP contribution in [0.15, 0.2) is 122 Å². The Hall–Kier alpha value is -3.10. The van der Waals surface area contributed by atoms with E-state index in [1.165, 1.54) is 180 Å². The molecule has 0 heterocycles. The highest BCUT2D eigenvalue weighted by Crippen LogP contribution is 2.43. The van der Waals surface area contributed by atoms with Gasteiger partial charge in [-0.15, -0.1) is 0 Å². The quantitative estimate of drug-likeness (QED) is 0.0243. The van der Waals surface area contributed by atoms with Crippen LogP contribution >= 0.6 is 7.82 Å². The number of amides is 1.